The summed E-state index contributed by atoms with van der Waals surface area (Å²) in [4.78, 5) is 4.84. The van der Waals surface area contributed by atoms with E-state index in [2.05, 4.69) is 11.9 Å². The van der Waals surface area contributed by atoms with Crippen LogP contribution in [0.25, 0.3) is 0 Å². The first-order valence-corrected chi connectivity index (χ1v) is 8.96. The molecule has 22 heavy (non-hydrogen) atoms. The first-order valence-electron chi connectivity index (χ1n) is 6.33. The molecule has 1 unspecified atom stereocenters. The van der Waals surface area contributed by atoms with Crippen molar-refractivity contribution in [1.82, 2.24) is 4.98 Å². The van der Waals surface area contributed by atoms with Gasteiger partial charge in [0.15, 0.2) is 0 Å². The molecule has 7 heteroatoms. The molecule has 1 heterocycles. The van der Waals surface area contributed by atoms with Crippen molar-refractivity contribution in [2.45, 2.75) is 22.8 Å². The van der Waals surface area contributed by atoms with E-state index in [4.69, 9.17) is 16.4 Å². The van der Waals surface area contributed by atoms with Gasteiger partial charge in [-0.05, 0) is 38.1 Å². The third-order valence-corrected chi connectivity index (χ3v) is 5.50. The second kappa shape index (κ2) is 7.32. The number of thioether (sulfide) groups is 1. The Kier molecular flexibility index (Phi) is 5.69. The SMILES string of the molecule is [CH2]C(OS(=O)(=O)c1ccc(C)cc1)C(=S)Sc1ccncc1. The van der Waals surface area contributed by atoms with Gasteiger partial charge in [-0.3, -0.25) is 9.17 Å². The van der Waals surface area contributed by atoms with Gasteiger partial charge in [-0.15, -0.1) is 0 Å². The summed E-state index contributed by atoms with van der Waals surface area (Å²) in [6.45, 7) is 5.56. The molecule has 0 fully saturated rings. The summed E-state index contributed by atoms with van der Waals surface area (Å²) in [5.74, 6) is 0. The number of pyridine rings is 1. The fourth-order valence-electron chi connectivity index (χ4n) is 1.54. The molecule has 0 saturated carbocycles. The zero-order valence-corrected chi connectivity index (χ0v) is 14.2. The van der Waals surface area contributed by atoms with E-state index in [-0.39, 0.29) is 4.90 Å². The van der Waals surface area contributed by atoms with E-state index in [1.54, 1.807) is 36.7 Å². The van der Waals surface area contributed by atoms with Crippen molar-refractivity contribution in [3.8, 4) is 0 Å². The maximum absolute atomic E-state index is 12.2. The van der Waals surface area contributed by atoms with E-state index in [1.165, 1.54) is 23.9 Å². The highest BCUT2D eigenvalue weighted by Crippen LogP contribution is 2.24. The standard InChI is InChI=1S/C15H14NO3S3/c1-11-3-5-14(6-4-11)22(17,18)19-12(2)15(20)21-13-7-9-16-10-8-13/h3-10,12H,2H2,1H3. The molecule has 115 valence electrons. The average Bonchev–Trinajstić information content (AvgIpc) is 2.48. The second-order valence-corrected chi connectivity index (χ2v) is 7.84. The first kappa shape index (κ1) is 17.1. The molecule has 2 aromatic rings. The molecule has 1 aromatic carbocycles. The minimum absolute atomic E-state index is 0.0865. The highest BCUT2D eigenvalue weighted by atomic mass is 32.2. The second-order valence-electron chi connectivity index (χ2n) is 4.46. The van der Waals surface area contributed by atoms with Crippen LogP contribution < -0.4 is 0 Å². The molecule has 0 bridgehead atoms. The smallest absolute Gasteiger partial charge is 0.265 e. The first-order chi connectivity index (χ1) is 10.4. The normalized spacial score (nSPS) is 12.8. The molecule has 1 aromatic heterocycles. The van der Waals surface area contributed by atoms with Crippen molar-refractivity contribution in [2.24, 2.45) is 0 Å². The van der Waals surface area contributed by atoms with Crippen molar-refractivity contribution in [3.63, 3.8) is 0 Å². The van der Waals surface area contributed by atoms with Crippen LogP contribution in [-0.2, 0) is 14.3 Å². The van der Waals surface area contributed by atoms with Crippen LogP contribution in [0, 0.1) is 13.8 Å². The van der Waals surface area contributed by atoms with Gasteiger partial charge in [0.05, 0.1) is 9.09 Å². The molecule has 0 N–H and O–H groups in total. The van der Waals surface area contributed by atoms with E-state index < -0.39 is 16.2 Å². The van der Waals surface area contributed by atoms with Crippen LogP contribution in [0.2, 0.25) is 0 Å². The largest absolute Gasteiger partial charge is 0.297 e. The molecular weight excluding hydrogens is 338 g/mol. The fourth-order valence-corrected chi connectivity index (χ4v) is 3.65. The van der Waals surface area contributed by atoms with E-state index >= 15 is 0 Å². The Bertz CT molecular complexity index is 743. The van der Waals surface area contributed by atoms with Gasteiger partial charge in [0.1, 0.15) is 6.10 Å². The molecule has 0 aliphatic carbocycles. The van der Waals surface area contributed by atoms with Crippen molar-refractivity contribution in [2.75, 3.05) is 0 Å². The molecule has 0 saturated heterocycles. The Balaban J connectivity index is 2.05. The summed E-state index contributed by atoms with van der Waals surface area (Å²) in [5.41, 5.74) is 0.967. The maximum atomic E-state index is 12.2. The van der Waals surface area contributed by atoms with Crippen LogP contribution in [-0.4, -0.2) is 23.7 Å². The lowest BCUT2D eigenvalue weighted by atomic mass is 10.2. The average molecular weight is 352 g/mol. The Labute approximate surface area is 140 Å². The molecule has 4 nitrogen and oxygen atoms in total. The van der Waals surface area contributed by atoms with E-state index in [0.29, 0.717) is 4.20 Å². The molecule has 1 radical (unpaired) electrons. The summed E-state index contributed by atoms with van der Waals surface area (Å²) in [5, 5.41) is 0. The van der Waals surface area contributed by atoms with Gasteiger partial charge in [0.25, 0.3) is 10.1 Å². The van der Waals surface area contributed by atoms with Crippen molar-refractivity contribution >= 4 is 38.3 Å². The Morgan fingerprint density at radius 3 is 2.41 bits per heavy atom. The maximum Gasteiger partial charge on any atom is 0.297 e. The molecular formula is C15H14NO3S3. The summed E-state index contributed by atoms with van der Waals surface area (Å²) < 4.78 is 29.8. The number of nitrogens with zero attached hydrogens (tertiary/aromatic N) is 1. The number of rotatable bonds is 5. The van der Waals surface area contributed by atoms with E-state index in [0.717, 1.165) is 10.5 Å². The number of thiocarbonyl (C=S) groups is 1. The van der Waals surface area contributed by atoms with Crippen molar-refractivity contribution < 1.29 is 12.6 Å². The highest BCUT2D eigenvalue weighted by molar-refractivity contribution is 8.23. The quantitative estimate of drug-likeness (QED) is 0.467. The van der Waals surface area contributed by atoms with Gasteiger partial charge in [-0.25, -0.2) is 0 Å². The van der Waals surface area contributed by atoms with E-state index in [1.807, 2.05) is 6.92 Å². The van der Waals surface area contributed by atoms with Crippen molar-refractivity contribution in [1.29, 1.82) is 0 Å². The van der Waals surface area contributed by atoms with Crippen LogP contribution >= 0.6 is 24.0 Å². The minimum atomic E-state index is -3.89. The van der Waals surface area contributed by atoms with Crippen LogP contribution in [0.1, 0.15) is 5.56 Å². The van der Waals surface area contributed by atoms with Crippen LogP contribution in [0.5, 0.6) is 0 Å². The highest BCUT2D eigenvalue weighted by Gasteiger charge is 2.22. The molecule has 1 atom stereocenters. The van der Waals surface area contributed by atoms with Gasteiger partial charge >= 0.3 is 0 Å². The fraction of sp³-hybridized carbons (Fsp3) is 0.133. The van der Waals surface area contributed by atoms with Gasteiger partial charge < -0.3 is 0 Å². The summed E-state index contributed by atoms with van der Waals surface area (Å²) in [6.07, 6.45) is 2.30. The Hall–Kier alpha value is -1.28. The molecule has 2 rings (SSSR count). The molecule has 0 aliphatic rings. The van der Waals surface area contributed by atoms with Gasteiger partial charge in [-0.1, -0.05) is 41.7 Å². The number of hydrogen-bond donors (Lipinski definition) is 0. The molecule has 0 aliphatic heterocycles. The zero-order chi connectivity index (χ0) is 16.2. The lowest BCUT2D eigenvalue weighted by Crippen LogP contribution is -2.21. The lowest BCUT2D eigenvalue weighted by molar-refractivity contribution is 0.316. The number of aryl methyl sites for hydroxylation is 1. The zero-order valence-electron chi connectivity index (χ0n) is 11.8. The minimum Gasteiger partial charge on any atom is -0.265 e. The van der Waals surface area contributed by atoms with Gasteiger partial charge in [0, 0.05) is 17.3 Å². The topological polar surface area (TPSA) is 56.3 Å². The van der Waals surface area contributed by atoms with E-state index in [9.17, 15) is 8.42 Å². The summed E-state index contributed by atoms with van der Waals surface area (Å²) >= 11 is 6.42. The summed E-state index contributed by atoms with van der Waals surface area (Å²) in [6, 6.07) is 9.96. The van der Waals surface area contributed by atoms with Crippen LogP contribution in [0.15, 0.2) is 58.6 Å². The molecule has 0 amide bonds. The lowest BCUT2D eigenvalue weighted by Gasteiger charge is -2.14. The van der Waals surface area contributed by atoms with Crippen LogP contribution in [0.4, 0.5) is 0 Å². The Morgan fingerprint density at radius 1 is 1.23 bits per heavy atom. The van der Waals surface area contributed by atoms with Crippen molar-refractivity contribution in [3.05, 3.63) is 61.3 Å². The number of hydrogen-bond acceptors (Lipinski definition) is 6. The molecule has 0 spiro atoms. The third-order valence-electron chi connectivity index (χ3n) is 2.68. The predicted molar refractivity (Wildman–Crippen MR) is 91.3 cm³/mol. The number of aromatic nitrogens is 1. The van der Waals surface area contributed by atoms with Crippen LogP contribution in [0.3, 0.4) is 0 Å². The monoisotopic (exact) mass is 352 g/mol. The van der Waals surface area contributed by atoms with Gasteiger partial charge in [0.2, 0.25) is 0 Å². The number of benzene rings is 1. The predicted octanol–water partition coefficient (Wildman–Crippen LogP) is 3.42. The summed E-state index contributed by atoms with van der Waals surface area (Å²) in [7, 11) is -3.89. The van der Waals surface area contributed by atoms with Gasteiger partial charge in [-0.2, -0.15) is 8.42 Å². The third kappa shape index (κ3) is 4.61. The Morgan fingerprint density at radius 2 is 1.82 bits per heavy atom.